The van der Waals surface area contributed by atoms with Crippen molar-refractivity contribution in [3.05, 3.63) is 64.8 Å². The maximum atomic E-state index is 11.9. The lowest BCUT2D eigenvalue weighted by Gasteiger charge is -2.09. The molecular weight excluding hydrogens is 362 g/mol. The predicted octanol–water partition coefficient (Wildman–Crippen LogP) is 5.11. The van der Waals surface area contributed by atoms with Crippen molar-refractivity contribution in [1.82, 2.24) is 15.0 Å². The molecule has 140 valence electrons. The highest BCUT2D eigenvalue weighted by molar-refractivity contribution is 6.30. The van der Waals surface area contributed by atoms with Gasteiger partial charge in [0.2, 0.25) is 0 Å². The van der Waals surface area contributed by atoms with E-state index in [-0.39, 0.29) is 5.97 Å². The van der Waals surface area contributed by atoms with Crippen LogP contribution in [-0.2, 0) is 11.2 Å². The minimum Gasteiger partial charge on any atom is -0.462 e. The molecule has 3 rings (SSSR count). The Labute approximate surface area is 163 Å². The quantitative estimate of drug-likeness (QED) is 0.532. The van der Waals surface area contributed by atoms with Crippen LogP contribution in [0, 0.1) is 0 Å². The van der Waals surface area contributed by atoms with Crippen LogP contribution in [0.25, 0.3) is 16.9 Å². The first kappa shape index (κ1) is 19.1. The average Bonchev–Trinajstić information content (AvgIpc) is 3.11. The van der Waals surface area contributed by atoms with E-state index in [0.29, 0.717) is 17.2 Å². The van der Waals surface area contributed by atoms with Gasteiger partial charge in [-0.2, -0.15) is 0 Å². The minimum absolute atomic E-state index is 0.320. The molecule has 3 aromatic rings. The van der Waals surface area contributed by atoms with Crippen LogP contribution in [0.3, 0.4) is 0 Å². The molecule has 2 aromatic carbocycles. The zero-order valence-corrected chi connectivity index (χ0v) is 16.2. The molecule has 0 saturated carbocycles. The maximum absolute atomic E-state index is 11.9. The lowest BCUT2D eigenvalue weighted by Crippen LogP contribution is -2.05. The summed E-state index contributed by atoms with van der Waals surface area (Å²) in [6.45, 7) is 4.30. The number of benzene rings is 2. The van der Waals surface area contributed by atoms with Crippen LogP contribution in [0.1, 0.15) is 42.7 Å². The number of unbranched alkanes of at least 4 members (excludes halogenated alkanes) is 1. The van der Waals surface area contributed by atoms with Gasteiger partial charge in [0, 0.05) is 10.6 Å². The molecule has 0 saturated heterocycles. The van der Waals surface area contributed by atoms with Gasteiger partial charge in [0.05, 0.1) is 29.2 Å². The summed E-state index contributed by atoms with van der Waals surface area (Å²) in [7, 11) is 0. The number of aromatic nitrogens is 3. The number of carbonyl (C=O) groups is 1. The van der Waals surface area contributed by atoms with Crippen molar-refractivity contribution in [2.75, 3.05) is 6.61 Å². The summed E-state index contributed by atoms with van der Waals surface area (Å²) in [6, 6.07) is 14.9. The van der Waals surface area contributed by atoms with Crippen LogP contribution in [0.4, 0.5) is 0 Å². The highest BCUT2D eigenvalue weighted by Crippen LogP contribution is 2.27. The summed E-state index contributed by atoms with van der Waals surface area (Å²) >= 11 is 6.01. The lowest BCUT2D eigenvalue weighted by atomic mass is 10.0. The van der Waals surface area contributed by atoms with Gasteiger partial charge in [-0.1, -0.05) is 42.3 Å². The summed E-state index contributed by atoms with van der Waals surface area (Å²) in [5, 5.41) is 9.44. The molecule has 0 aliphatic rings. The van der Waals surface area contributed by atoms with Crippen molar-refractivity contribution >= 4 is 17.6 Å². The van der Waals surface area contributed by atoms with Gasteiger partial charge in [-0.15, -0.1) is 5.10 Å². The van der Waals surface area contributed by atoms with E-state index in [9.17, 15) is 4.79 Å². The first-order valence-corrected chi connectivity index (χ1v) is 9.50. The SMILES string of the molecule is CCCCc1nnn(-c2ccc(Cl)cc2)c1-c1ccc(C(=O)OCC)cc1. The highest BCUT2D eigenvalue weighted by Gasteiger charge is 2.17. The zero-order chi connectivity index (χ0) is 19.2. The van der Waals surface area contributed by atoms with E-state index in [0.717, 1.165) is 41.9 Å². The Morgan fingerprint density at radius 1 is 1.07 bits per heavy atom. The van der Waals surface area contributed by atoms with E-state index in [4.69, 9.17) is 16.3 Å². The smallest absolute Gasteiger partial charge is 0.338 e. The molecule has 6 heteroatoms. The second-order valence-corrected chi connectivity index (χ2v) is 6.61. The fourth-order valence-corrected chi connectivity index (χ4v) is 2.98. The Kier molecular flexibility index (Phi) is 6.24. The number of hydrogen-bond donors (Lipinski definition) is 0. The molecule has 0 atom stereocenters. The van der Waals surface area contributed by atoms with Gasteiger partial charge >= 0.3 is 5.97 Å². The van der Waals surface area contributed by atoms with E-state index >= 15 is 0 Å². The summed E-state index contributed by atoms with van der Waals surface area (Å²) in [4.78, 5) is 11.9. The fraction of sp³-hybridized carbons (Fsp3) is 0.286. The molecule has 0 bridgehead atoms. The summed E-state index contributed by atoms with van der Waals surface area (Å²) in [5.41, 5.74) is 4.24. The highest BCUT2D eigenvalue weighted by atomic mass is 35.5. The molecule has 0 aliphatic carbocycles. The molecule has 27 heavy (non-hydrogen) atoms. The van der Waals surface area contributed by atoms with Gasteiger partial charge in [0.1, 0.15) is 0 Å². The number of rotatable bonds is 7. The molecule has 1 heterocycles. The minimum atomic E-state index is -0.320. The Morgan fingerprint density at radius 2 is 1.78 bits per heavy atom. The normalized spacial score (nSPS) is 10.8. The second kappa shape index (κ2) is 8.82. The molecule has 0 fully saturated rings. The van der Waals surface area contributed by atoms with Gasteiger partial charge in [-0.3, -0.25) is 0 Å². The van der Waals surface area contributed by atoms with Gasteiger partial charge < -0.3 is 4.74 Å². The van der Waals surface area contributed by atoms with Crippen molar-refractivity contribution in [2.45, 2.75) is 33.1 Å². The summed E-state index contributed by atoms with van der Waals surface area (Å²) in [5.74, 6) is -0.320. The number of carbonyl (C=O) groups excluding carboxylic acids is 1. The molecule has 0 spiro atoms. The molecule has 0 radical (unpaired) electrons. The van der Waals surface area contributed by atoms with E-state index in [1.165, 1.54) is 0 Å². The van der Waals surface area contributed by atoms with Gasteiger partial charge in [0.25, 0.3) is 0 Å². The number of nitrogens with zero attached hydrogens (tertiary/aromatic N) is 3. The van der Waals surface area contributed by atoms with Crippen LogP contribution in [-0.4, -0.2) is 27.6 Å². The van der Waals surface area contributed by atoms with Crippen molar-refractivity contribution < 1.29 is 9.53 Å². The Balaban J connectivity index is 2.02. The molecule has 0 aliphatic heterocycles. The van der Waals surface area contributed by atoms with Crippen molar-refractivity contribution in [3.63, 3.8) is 0 Å². The third-order valence-corrected chi connectivity index (χ3v) is 4.50. The third kappa shape index (κ3) is 4.37. The third-order valence-electron chi connectivity index (χ3n) is 4.25. The van der Waals surface area contributed by atoms with Crippen molar-refractivity contribution in [2.24, 2.45) is 0 Å². The molecule has 0 unspecified atom stereocenters. The Morgan fingerprint density at radius 3 is 2.41 bits per heavy atom. The van der Waals surface area contributed by atoms with Gasteiger partial charge in [-0.05, 0) is 56.2 Å². The van der Waals surface area contributed by atoms with E-state index < -0.39 is 0 Å². The van der Waals surface area contributed by atoms with E-state index in [2.05, 4.69) is 17.2 Å². The first-order chi connectivity index (χ1) is 13.1. The largest absolute Gasteiger partial charge is 0.462 e. The van der Waals surface area contributed by atoms with Crippen LogP contribution in [0.2, 0.25) is 5.02 Å². The number of esters is 1. The molecule has 5 nitrogen and oxygen atoms in total. The lowest BCUT2D eigenvalue weighted by molar-refractivity contribution is 0.0526. The molecule has 1 aromatic heterocycles. The molecular formula is C21H22ClN3O2. The van der Waals surface area contributed by atoms with Crippen LogP contribution in [0.5, 0.6) is 0 Å². The van der Waals surface area contributed by atoms with E-state index in [1.807, 2.05) is 41.1 Å². The van der Waals surface area contributed by atoms with Crippen LogP contribution < -0.4 is 0 Å². The monoisotopic (exact) mass is 383 g/mol. The fourth-order valence-electron chi connectivity index (χ4n) is 2.86. The molecule has 0 N–H and O–H groups in total. The number of halogens is 1. The number of ether oxygens (including phenoxy) is 1. The second-order valence-electron chi connectivity index (χ2n) is 6.17. The Bertz CT molecular complexity index is 902. The molecule has 0 amide bonds. The standard InChI is InChI=1S/C21H22ClN3O2/c1-3-5-6-19-20(15-7-9-16(10-8-15)21(26)27-4-2)25(24-23-19)18-13-11-17(22)12-14-18/h7-14H,3-6H2,1-2H3. The average molecular weight is 384 g/mol. The van der Waals surface area contributed by atoms with Crippen LogP contribution >= 0.6 is 11.6 Å². The summed E-state index contributed by atoms with van der Waals surface area (Å²) in [6.07, 6.45) is 2.96. The predicted molar refractivity (Wildman–Crippen MR) is 106 cm³/mol. The number of hydrogen-bond acceptors (Lipinski definition) is 4. The summed E-state index contributed by atoms with van der Waals surface area (Å²) < 4.78 is 6.88. The van der Waals surface area contributed by atoms with Gasteiger partial charge in [-0.25, -0.2) is 9.48 Å². The van der Waals surface area contributed by atoms with E-state index in [1.54, 1.807) is 19.1 Å². The zero-order valence-electron chi connectivity index (χ0n) is 15.5. The van der Waals surface area contributed by atoms with Crippen molar-refractivity contribution in [1.29, 1.82) is 0 Å². The maximum Gasteiger partial charge on any atom is 0.338 e. The number of aryl methyl sites for hydroxylation is 1. The van der Waals surface area contributed by atoms with Crippen molar-refractivity contribution in [3.8, 4) is 16.9 Å². The topological polar surface area (TPSA) is 57.0 Å². The van der Waals surface area contributed by atoms with Gasteiger partial charge in [0.15, 0.2) is 0 Å². The first-order valence-electron chi connectivity index (χ1n) is 9.12. The Hall–Kier alpha value is -2.66. The van der Waals surface area contributed by atoms with Crippen LogP contribution in [0.15, 0.2) is 48.5 Å².